The Balaban J connectivity index is 1.80. The highest BCUT2D eigenvalue weighted by molar-refractivity contribution is 5.85. The molecule has 0 amide bonds. The van der Waals surface area contributed by atoms with E-state index in [0.29, 0.717) is 6.61 Å². The molecule has 20 heavy (non-hydrogen) atoms. The Bertz CT molecular complexity index is 753. The van der Waals surface area contributed by atoms with Crippen LogP contribution in [0.3, 0.4) is 0 Å². The van der Waals surface area contributed by atoms with E-state index in [1.165, 1.54) is 0 Å². The average molecular weight is 265 g/mol. The zero-order valence-corrected chi connectivity index (χ0v) is 11.2. The highest BCUT2D eigenvalue weighted by atomic mass is 16.5. The number of rotatable bonds is 3. The summed E-state index contributed by atoms with van der Waals surface area (Å²) in [4.78, 5) is 4.40. The predicted molar refractivity (Wildman–Crippen MR) is 78.9 cm³/mol. The Labute approximate surface area is 117 Å². The van der Waals surface area contributed by atoms with Crippen molar-refractivity contribution in [2.45, 2.75) is 13.5 Å². The van der Waals surface area contributed by atoms with Crippen molar-refractivity contribution < 1.29 is 9.84 Å². The monoisotopic (exact) mass is 265 g/mol. The summed E-state index contributed by atoms with van der Waals surface area (Å²) in [6, 6.07) is 17.0. The number of aryl methyl sites for hydroxylation is 1. The predicted octanol–water partition coefficient (Wildman–Crippen LogP) is 3.83. The third-order valence-electron chi connectivity index (χ3n) is 3.13. The topological polar surface area (TPSA) is 42.4 Å². The maximum Gasteiger partial charge on any atom is 0.130 e. The van der Waals surface area contributed by atoms with Crippen molar-refractivity contribution in [1.82, 2.24) is 4.98 Å². The number of hydrogen-bond acceptors (Lipinski definition) is 3. The lowest BCUT2D eigenvalue weighted by atomic mass is 10.1. The number of phenolic OH excluding ortho intramolecular Hbond substituents is 1. The molecule has 0 spiro atoms. The Hall–Kier alpha value is -2.55. The summed E-state index contributed by atoms with van der Waals surface area (Å²) in [6.45, 7) is 2.40. The summed E-state index contributed by atoms with van der Waals surface area (Å²) in [5.41, 5.74) is 1.88. The SMILES string of the molecule is Cc1cccc(COc2ccc3ccc(O)cc3c2)n1. The number of fused-ring (bicyclic) bond motifs is 1. The maximum atomic E-state index is 9.51. The first-order chi connectivity index (χ1) is 9.70. The van der Waals surface area contributed by atoms with Crippen molar-refractivity contribution in [2.24, 2.45) is 0 Å². The molecule has 2 aromatic carbocycles. The molecule has 1 aromatic heterocycles. The molecule has 0 aliphatic rings. The van der Waals surface area contributed by atoms with Crippen molar-refractivity contribution in [3.05, 3.63) is 66.0 Å². The minimum absolute atomic E-state index is 0.259. The molecule has 3 aromatic rings. The van der Waals surface area contributed by atoms with Crippen LogP contribution in [0.1, 0.15) is 11.4 Å². The van der Waals surface area contributed by atoms with Crippen LogP contribution < -0.4 is 4.74 Å². The van der Waals surface area contributed by atoms with Gasteiger partial charge in [-0.3, -0.25) is 4.98 Å². The van der Waals surface area contributed by atoms with Gasteiger partial charge < -0.3 is 9.84 Å². The lowest BCUT2D eigenvalue weighted by molar-refractivity contribution is 0.301. The molecule has 0 aliphatic carbocycles. The van der Waals surface area contributed by atoms with Gasteiger partial charge in [0.15, 0.2) is 0 Å². The Morgan fingerprint density at radius 3 is 2.70 bits per heavy atom. The molecule has 0 saturated heterocycles. The summed E-state index contributed by atoms with van der Waals surface area (Å²) < 4.78 is 5.75. The van der Waals surface area contributed by atoms with Gasteiger partial charge in [0.25, 0.3) is 0 Å². The molecular weight excluding hydrogens is 250 g/mol. The number of phenols is 1. The van der Waals surface area contributed by atoms with Crippen LogP contribution >= 0.6 is 0 Å². The van der Waals surface area contributed by atoms with E-state index in [1.807, 2.05) is 49.4 Å². The molecule has 0 radical (unpaired) electrons. The molecule has 0 fully saturated rings. The molecule has 0 saturated carbocycles. The fraction of sp³-hybridized carbons (Fsp3) is 0.118. The summed E-state index contributed by atoms with van der Waals surface area (Å²) in [5.74, 6) is 1.03. The number of nitrogens with zero attached hydrogens (tertiary/aromatic N) is 1. The number of pyridine rings is 1. The van der Waals surface area contributed by atoms with Crippen molar-refractivity contribution in [3.63, 3.8) is 0 Å². The molecule has 3 rings (SSSR count). The Morgan fingerprint density at radius 2 is 1.85 bits per heavy atom. The highest BCUT2D eigenvalue weighted by Gasteiger charge is 2.01. The van der Waals surface area contributed by atoms with Gasteiger partial charge >= 0.3 is 0 Å². The van der Waals surface area contributed by atoms with E-state index in [9.17, 15) is 5.11 Å². The van der Waals surface area contributed by atoms with Crippen molar-refractivity contribution in [3.8, 4) is 11.5 Å². The molecule has 100 valence electrons. The fourth-order valence-electron chi connectivity index (χ4n) is 2.14. The second kappa shape index (κ2) is 5.21. The van der Waals surface area contributed by atoms with E-state index in [1.54, 1.807) is 12.1 Å². The third-order valence-corrected chi connectivity index (χ3v) is 3.13. The summed E-state index contributed by atoms with van der Waals surface area (Å²) >= 11 is 0. The fourth-order valence-corrected chi connectivity index (χ4v) is 2.14. The Morgan fingerprint density at radius 1 is 1.00 bits per heavy atom. The minimum atomic E-state index is 0.259. The third kappa shape index (κ3) is 2.72. The Kier molecular flexibility index (Phi) is 3.25. The van der Waals surface area contributed by atoms with Gasteiger partial charge in [-0.1, -0.05) is 18.2 Å². The molecule has 0 unspecified atom stereocenters. The van der Waals surface area contributed by atoms with E-state index in [4.69, 9.17) is 4.74 Å². The second-order valence-electron chi connectivity index (χ2n) is 4.75. The molecule has 3 heteroatoms. The van der Waals surface area contributed by atoms with Crippen LogP contribution in [0, 0.1) is 6.92 Å². The molecule has 0 atom stereocenters. The molecule has 1 N–H and O–H groups in total. The smallest absolute Gasteiger partial charge is 0.130 e. The van der Waals surface area contributed by atoms with Crippen LogP contribution in [0.25, 0.3) is 10.8 Å². The zero-order valence-electron chi connectivity index (χ0n) is 11.2. The first kappa shape index (κ1) is 12.5. The van der Waals surface area contributed by atoms with Crippen molar-refractivity contribution in [2.75, 3.05) is 0 Å². The lowest BCUT2D eigenvalue weighted by Gasteiger charge is -2.07. The maximum absolute atomic E-state index is 9.51. The summed E-state index contributed by atoms with van der Waals surface area (Å²) in [7, 11) is 0. The number of benzene rings is 2. The van der Waals surface area contributed by atoms with E-state index < -0.39 is 0 Å². The van der Waals surface area contributed by atoms with Crippen molar-refractivity contribution >= 4 is 10.8 Å². The van der Waals surface area contributed by atoms with Gasteiger partial charge in [0.05, 0.1) is 5.69 Å². The van der Waals surface area contributed by atoms with E-state index >= 15 is 0 Å². The van der Waals surface area contributed by atoms with Crippen LogP contribution in [-0.2, 0) is 6.61 Å². The number of hydrogen-bond donors (Lipinski definition) is 1. The largest absolute Gasteiger partial charge is 0.508 e. The standard InChI is InChI=1S/C17H15NO2/c1-12-3-2-4-15(18-12)11-20-17-8-6-13-5-7-16(19)9-14(13)10-17/h2-10,19H,11H2,1H3. The summed E-state index contributed by atoms with van der Waals surface area (Å²) in [5, 5.41) is 11.5. The first-order valence-corrected chi connectivity index (χ1v) is 6.49. The minimum Gasteiger partial charge on any atom is -0.508 e. The average Bonchev–Trinajstić information content (AvgIpc) is 2.45. The van der Waals surface area contributed by atoms with E-state index in [0.717, 1.165) is 27.9 Å². The van der Waals surface area contributed by atoms with Gasteiger partial charge in [-0.25, -0.2) is 0 Å². The molecule has 1 heterocycles. The van der Waals surface area contributed by atoms with Crippen LogP contribution in [0.2, 0.25) is 0 Å². The number of aromatic nitrogens is 1. The van der Waals surface area contributed by atoms with Gasteiger partial charge in [0, 0.05) is 5.69 Å². The molecule has 0 aliphatic heterocycles. The second-order valence-corrected chi connectivity index (χ2v) is 4.75. The van der Waals surface area contributed by atoms with Gasteiger partial charge in [0.2, 0.25) is 0 Å². The van der Waals surface area contributed by atoms with Crippen LogP contribution in [0.5, 0.6) is 11.5 Å². The lowest BCUT2D eigenvalue weighted by Crippen LogP contribution is -1.98. The number of ether oxygens (including phenoxy) is 1. The molecular formula is C17H15NO2. The van der Waals surface area contributed by atoms with Crippen LogP contribution in [-0.4, -0.2) is 10.1 Å². The quantitative estimate of drug-likeness (QED) is 0.782. The highest BCUT2D eigenvalue weighted by Crippen LogP contribution is 2.24. The van der Waals surface area contributed by atoms with E-state index in [-0.39, 0.29) is 5.75 Å². The van der Waals surface area contributed by atoms with Crippen LogP contribution in [0.15, 0.2) is 54.6 Å². The normalized spacial score (nSPS) is 10.7. The number of aromatic hydroxyl groups is 1. The van der Waals surface area contributed by atoms with Crippen molar-refractivity contribution in [1.29, 1.82) is 0 Å². The van der Waals surface area contributed by atoms with Gasteiger partial charge in [0.1, 0.15) is 18.1 Å². The molecule has 3 nitrogen and oxygen atoms in total. The first-order valence-electron chi connectivity index (χ1n) is 6.49. The summed E-state index contributed by atoms with van der Waals surface area (Å²) in [6.07, 6.45) is 0. The zero-order chi connectivity index (χ0) is 13.9. The molecule has 0 bridgehead atoms. The van der Waals surface area contributed by atoms with Crippen LogP contribution in [0.4, 0.5) is 0 Å². The van der Waals surface area contributed by atoms with Gasteiger partial charge in [-0.15, -0.1) is 0 Å². The van der Waals surface area contributed by atoms with Gasteiger partial charge in [-0.05, 0) is 54.1 Å². The van der Waals surface area contributed by atoms with E-state index in [2.05, 4.69) is 4.98 Å². The van der Waals surface area contributed by atoms with Gasteiger partial charge in [-0.2, -0.15) is 0 Å².